The van der Waals surface area contributed by atoms with Gasteiger partial charge < -0.3 is 9.13 Å². The third-order valence-electron chi connectivity index (χ3n) is 12.1. The number of rotatable bonds is 3. The van der Waals surface area contributed by atoms with Gasteiger partial charge in [0, 0.05) is 63.9 Å². The Morgan fingerprint density at radius 3 is 1.47 bits per heavy atom. The minimum Gasteiger partial charge on any atom is -0.309 e. The van der Waals surface area contributed by atoms with E-state index in [0.29, 0.717) is 0 Å². The summed E-state index contributed by atoms with van der Waals surface area (Å²) in [6.07, 6.45) is 0. The van der Waals surface area contributed by atoms with Crippen LogP contribution in [0.1, 0.15) is 0 Å². The molecule has 254 valence electrons. The summed E-state index contributed by atoms with van der Waals surface area (Å²) in [6.45, 7) is 0. The second-order valence-electron chi connectivity index (χ2n) is 14.8. The van der Waals surface area contributed by atoms with E-state index in [-0.39, 0.29) is 0 Å². The SMILES string of the molecule is c1ccc2c(c1)-c1cccc3c4sc5ccccc5c4c4c(c13)c1c-2cccc1n4-c1ccc(-c2ccc(-n3c4ccccc4c4ccccc43)cc2)cc1. The molecule has 13 rings (SSSR count). The quantitative estimate of drug-likeness (QED) is 0.172. The zero-order chi connectivity index (χ0) is 35.8. The maximum Gasteiger partial charge on any atom is 0.0641 e. The molecule has 0 amide bonds. The Balaban J connectivity index is 1.04. The Morgan fingerprint density at radius 2 is 0.800 bits per heavy atom. The van der Waals surface area contributed by atoms with Gasteiger partial charge in [0.1, 0.15) is 0 Å². The highest BCUT2D eigenvalue weighted by Crippen LogP contribution is 2.54. The fraction of sp³-hybridized carbons (Fsp3) is 0. The second-order valence-corrected chi connectivity index (χ2v) is 15.9. The summed E-state index contributed by atoms with van der Waals surface area (Å²) < 4.78 is 7.61. The molecule has 2 nitrogen and oxygen atoms in total. The van der Waals surface area contributed by atoms with Crippen LogP contribution in [0, 0.1) is 0 Å². The molecule has 0 aliphatic heterocycles. The smallest absolute Gasteiger partial charge is 0.0641 e. The first-order chi connectivity index (χ1) is 27.3. The minimum atomic E-state index is 1.17. The topological polar surface area (TPSA) is 9.86 Å². The van der Waals surface area contributed by atoms with Crippen LogP contribution < -0.4 is 0 Å². The van der Waals surface area contributed by atoms with Crippen molar-refractivity contribution in [2.24, 2.45) is 0 Å². The second kappa shape index (κ2) is 10.8. The average Bonchev–Trinajstić information content (AvgIpc) is 3.89. The molecule has 0 saturated carbocycles. The van der Waals surface area contributed by atoms with E-state index in [2.05, 4.69) is 191 Å². The van der Waals surface area contributed by atoms with E-state index < -0.39 is 0 Å². The van der Waals surface area contributed by atoms with Gasteiger partial charge >= 0.3 is 0 Å². The Kier molecular flexibility index (Phi) is 5.80. The number of benzene rings is 9. The number of thiophene rings is 1. The molecule has 0 spiro atoms. The predicted molar refractivity (Wildman–Crippen MR) is 235 cm³/mol. The van der Waals surface area contributed by atoms with Gasteiger partial charge in [0.2, 0.25) is 0 Å². The third kappa shape index (κ3) is 3.87. The van der Waals surface area contributed by atoms with Gasteiger partial charge in [0.25, 0.3) is 0 Å². The van der Waals surface area contributed by atoms with Crippen LogP contribution in [0.5, 0.6) is 0 Å². The molecule has 1 aliphatic carbocycles. The van der Waals surface area contributed by atoms with Gasteiger partial charge in [-0.15, -0.1) is 11.3 Å². The van der Waals surface area contributed by atoms with Gasteiger partial charge in [0.15, 0.2) is 0 Å². The van der Waals surface area contributed by atoms with Crippen LogP contribution in [0.15, 0.2) is 182 Å². The number of fused-ring (bicyclic) bond motifs is 11. The van der Waals surface area contributed by atoms with Gasteiger partial charge in [-0.2, -0.15) is 0 Å². The lowest BCUT2D eigenvalue weighted by Gasteiger charge is -2.15. The molecule has 3 heterocycles. The number of aromatic nitrogens is 2. The molecule has 0 radical (unpaired) electrons. The lowest BCUT2D eigenvalue weighted by Crippen LogP contribution is -1.96. The summed E-state index contributed by atoms with van der Waals surface area (Å²) in [4.78, 5) is 0. The maximum atomic E-state index is 2.55. The Labute approximate surface area is 320 Å². The Morgan fingerprint density at radius 1 is 0.309 bits per heavy atom. The van der Waals surface area contributed by atoms with Crippen LogP contribution in [-0.4, -0.2) is 9.13 Å². The molecule has 9 aromatic carbocycles. The molecule has 0 unspecified atom stereocenters. The molecule has 0 fully saturated rings. The maximum absolute atomic E-state index is 2.55. The fourth-order valence-electron chi connectivity index (χ4n) is 9.78. The lowest BCUT2D eigenvalue weighted by atomic mass is 9.93. The molecule has 12 aromatic rings. The number of hydrogen-bond acceptors (Lipinski definition) is 1. The molecule has 0 N–H and O–H groups in total. The number of nitrogens with zero attached hydrogens (tertiary/aromatic N) is 2. The lowest BCUT2D eigenvalue weighted by molar-refractivity contribution is 1.18. The zero-order valence-corrected chi connectivity index (χ0v) is 30.4. The van der Waals surface area contributed by atoms with Crippen molar-refractivity contribution < 1.29 is 0 Å². The highest BCUT2D eigenvalue weighted by Gasteiger charge is 2.28. The summed E-state index contributed by atoms with van der Waals surface area (Å²) in [7, 11) is 0. The number of para-hydroxylation sites is 2. The first-order valence-corrected chi connectivity index (χ1v) is 19.8. The molecule has 0 bridgehead atoms. The monoisotopic (exact) mass is 714 g/mol. The van der Waals surface area contributed by atoms with E-state index in [1.54, 1.807) is 0 Å². The highest BCUT2D eigenvalue weighted by atomic mass is 32.1. The first-order valence-electron chi connectivity index (χ1n) is 18.9. The van der Waals surface area contributed by atoms with Crippen molar-refractivity contribution in [3.05, 3.63) is 182 Å². The van der Waals surface area contributed by atoms with E-state index in [9.17, 15) is 0 Å². The zero-order valence-electron chi connectivity index (χ0n) is 29.6. The van der Waals surface area contributed by atoms with Gasteiger partial charge in [-0.1, -0.05) is 133 Å². The van der Waals surface area contributed by atoms with Crippen LogP contribution in [0.4, 0.5) is 0 Å². The predicted octanol–water partition coefficient (Wildman–Crippen LogP) is 14.7. The molecule has 0 atom stereocenters. The summed E-state index contributed by atoms with van der Waals surface area (Å²) in [5.41, 5.74) is 14.9. The summed E-state index contributed by atoms with van der Waals surface area (Å²) >= 11 is 1.92. The van der Waals surface area contributed by atoms with Crippen molar-refractivity contribution in [3.63, 3.8) is 0 Å². The van der Waals surface area contributed by atoms with Crippen LogP contribution in [-0.2, 0) is 0 Å². The molecule has 55 heavy (non-hydrogen) atoms. The van der Waals surface area contributed by atoms with E-state index in [1.807, 2.05) is 11.3 Å². The van der Waals surface area contributed by atoms with Crippen LogP contribution in [0.3, 0.4) is 0 Å². The molecular formula is C52H30N2S. The largest absolute Gasteiger partial charge is 0.309 e. The Bertz CT molecular complexity index is 3520. The molecule has 1 aliphatic rings. The standard InChI is InChI=1S/C52H30N2S/c1-2-12-36-35(11-1)39-16-9-18-42-47(39)50-48-40(36)17-10-21-45(48)54(51(50)49-41-15-5-8-22-46(41)55-52(42)49)34-29-25-32(26-30-34)31-23-27-33(28-24-31)53-43-19-6-3-13-37(43)38-14-4-7-20-44(38)53/h1-30H. The van der Waals surface area contributed by atoms with Crippen LogP contribution >= 0.6 is 11.3 Å². The van der Waals surface area contributed by atoms with E-state index in [1.165, 1.54) is 119 Å². The van der Waals surface area contributed by atoms with E-state index in [0.717, 1.165) is 0 Å². The normalized spacial score (nSPS) is 12.4. The minimum absolute atomic E-state index is 1.17. The van der Waals surface area contributed by atoms with Crippen molar-refractivity contribution in [3.8, 4) is 44.8 Å². The summed E-state index contributed by atoms with van der Waals surface area (Å²) in [5, 5.41) is 10.6. The summed E-state index contributed by atoms with van der Waals surface area (Å²) in [6, 6.07) is 67.4. The molecule has 0 saturated heterocycles. The summed E-state index contributed by atoms with van der Waals surface area (Å²) in [5.74, 6) is 0. The van der Waals surface area contributed by atoms with Crippen LogP contribution in [0.25, 0.3) is 119 Å². The third-order valence-corrected chi connectivity index (χ3v) is 13.3. The van der Waals surface area contributed by atoms with Crippen molar-refractivity contribution in [1.29, 1.82) is 0 Å². The van der Waals surface area contributed by atoms with Gasteiger partial charge in [-0.3, -0.25) is 0 Å². The van der Waals surface area contributed by atoms with E-state index in [4.69, 9.17) is 0 Å². The fourth-order valence-corrected chi connectivity index (χ4v) is 11.0. The molecule has 3 aromatic heterocycles. The van der Waals surface area contributed by atoms with Crippen molar-refractivity contribution in [1.82, 2.24) is 9.13 Å². The average molecular weight is 715 g/mol. The van der Waals surface area contributed by atoms with Gasteiger partial charge in [-0.05, 0) is 81.9 Å². The highest BCUT2D eigenvalue weighted by molar-refractivity contribution is 7.27. The number of hydrogen-bond donors (Lipinski definition) is 0. The van der Waals surface area contributed by atoms with Gasteiger partial charge in [-0.25, -0.2) is 0 Å². The van der Waals surface area contributed by atoms with Crippen molar-refractivity contribution in [2.75, 3.05) is 0 Å². The van der Waals surface area contributed by atoms with Crippen LogP contribution in [0.2, 0.25) is 0 Å². The Hall–Kier alpha value is -6.94. The molecular weight excluding hydrogens is 685 g/mol. The van der Waals surface area contributed by atoms with Crippen molar-refractivity contribution in [2.45, 2.75) is 0 Å². The first kappa shape index (κ1) is 29.5. The van der Waals surface area contributed by atoms with E-state index >= 15 is 0 Å². The van der Waals surface area contributed by atoms with Crippen molar-refractivity contribution >= 4 is 85.9 Å². The molecule has 3 heteroatoms. The van der Waals surface area contributed by atoms with Gasteiger partial charge in [0.05, 0.1) is 22.1 Å².